The molecule has 1 aromatic carbocycles. The highest BCUT2D eigenvalue weighted by atomic mass is 19.4. The fourth-order valence-corrected chi connectivity index (χ4v) is 3.03. The zero-order valence-electron chi connectivity index (χ0n) is 15.8. The largest absolute Gasteiger partial charge is 0.573 e. The van der Waals surface area contributed by atoms with Gasteiger partial charge >= 0.3 is 6.36 Å². The van der Waals surface area contributed by atoms with Crippen LogP contribution in [0.2, 0.25) is 0 Å². The Balaban J connectivity index is 1.75. The van der Waals surface area contributed by atoms with Gasteiger partial charge in [-0.25, -0.2) is 15.0 Å². The Morgan fingerprint density at radius 1 is 1.10 bits per heavy atom. The van der Waals surface area contributed by atoms with Gasteiger partial charge in [-0.15, -0.1) is 13.2 Å². The first-order valence-electron chi connectivity index (χ1n) is 8.74. The van der Waals surface area contributed by atoms with Crippen LogP contribution < -0.4 is 15.6 Å². The summed E-state index contributed by atoms with van der Waals surface area (Å²) in [4.78, 5) is 25.0. The summed E-state index contributed by atoms with van der Waals surface area (Å²) in [5.41, 5.74) is 1.05. The van der Waals surface area contributed by atoms with Crippen molar-refractivity contribution in [3.05, 3.63) is 64.5 Å². The van der Waals surface area contributed by atoms with E-state index in [1.807, 2.05) is 6.92 Å². The van der Waals surface area contributed by atoms with Gasteiger partial charge in [-0.2, -0.15) is 0 Å². The molecule has 2 N–H and O–H groups in total. The van der Waals surface area contributed by atoms with Crippen LogP contribution in [0, 0.1) is 13.8 Å². The molecule has 4 rings (SSSR count). The molecule has 0 radical (unpaired) electrons. The Hall–Kier alpha value is -3.89. The van der Waals surface area contributed by atoms with Crippen molar-refractivity contribution < 1.29 is 17.9 Å². The lowest BCUT2D eigenvalue weighted by atomic mass is 10.2. The summed E-state index contributed by atoms with van der Waals surface area (Å²) >= 11 is 0. The van der Waals surface area contributed by atoms with Crippen LogP contribution in [-0.4, -0.2) is 31.1 Å². The van der Waals surface area contributed by atoms with Gasteiger partial charge in [-0.3, -0.25) is 14.6 Å². The van der Waals surface area contributed by atoms with Crippen LogP contribution >= 0.6 is 0 Å². The predicted molar refractivity (Wildman–Crippen MR) is 103 cm³/mol. The van der Waals surface area contributed by atoms with Gasteiger partial charge in [0.2, 0.25) is 0 Å². The molecule has 0 saturated heterocycles. The molecule has 0 amide bonds. The van der Waals surface area contributed by atoms with E-state index >= 15 is 0 Å². The van der Waals surface area contributed by atoms with Crippen molar-refractivity contribution in [2.75, 3.05) is 5.32 Å². The number of nitrogens with one attached hydrogen (secondary N) is 2. The Kier molecular flexibility index (Phi) is 4.65. The molecule has 30 heavy (non-hydrogen) atoms. The highest BCUT2D eigenvalue weighted by molar-refractivity contribution is 5.82. The van der Waals surface area contributed by atoms with Gasteiger partial charge in [0.1, 0.15) is 23.2 Å². The van der Waals surface area contributed by atoms with Gasteiger partial charge < -0.3 is 10.1 Å². The lowest BCUT2D eigenvalue weighted by Crippen LogP contribution is -2.17. The van der Waals surface area contributed by atoms with Crippen LogP contribution in [0.5, 0.6) is 5.75 Å². The molecular weight excluding hydrogens is 401 g/mol. The van der Waals surface area contributed by atoms with E-state index in [9.17, 15) is 18.0 Å². The molecule has 0 aliphatic carbocycles. The Morgan fingerprint density at radius 3 is 2.63 bits per heavy atom. The van der Waals surface area contributed by atoms with Crippen molar-refractivity contribution in [3.8, 4) is 11.4 Å². The van der Waals surface area contributed by atoms with Gasteiger partial charge in [0.15, 0.2) is 0 Å². The molecule has 0 aliphatic heterocycles. The van der Waals surface area contributed by atoms with Gasteiger partial charge in [0, 0.05) is 30.1 Å². The molecule has 0 unspecified atom stereocenters. The topological polar surface area (TPSA) is 97.7 Å². The second kappa shape index (κ2) is 7.17. The molecule has 0 saturated carbocycles. The lowest BCUT2D eigenvalue weighted by Gasteiger charge is -2.11. The number of benzene rings is 1. The number of hydrogen-bond acceptors (Lipinski definition) is 6. The highest BCUT2D eigenvalue weighted by Gasteiger charge is 2.31. The van der Waals surface area contributed by atoms with E-state index in [0.717, 1.165) is 5.69 Å². The monoisotopic (exact) mass is 416 g/mol. The van der Waals surface area contributed by atoms with Crippen LogP contribution in [-0.2, 0) is 0 Å². The molecule has 3 heterocycles. The Bertz CT molecular complexity index is 1280. The van der Waals surface area contributed by atoms with Crippen LogP contribution in [0.1, 0.15) is 11.5 Å². The quantitative estimate of drug-likeness (QED) is 0.526. The molecule has 0 fully saturated rings. The third kappa shape index (κ3) is 4.09. The Morgan fingerprint density at radius 2 is 1.90 bits per heavy atom. The summed E-state index contributed by atoms with van der Waals surface area (Å²) in [6.07, 6.45) is -3.44. The zero-order chi connectivity index (χ0) is 21.5. The number of anilines is 2. The second-order valence-corrected chi connectivity index (χ2v) is 6.47. The normalized spacial score (nSPS) is 11.6. The molecule has 154 valence electrons. The number of fused-ring (bicyclic) bond motifs is 1. The molecular formula is C19H15F3N6O2. The minimum atomic E-state index is -4.82. The number of hydrogen-bond donors (Lipinski definition) is 2. The summed E-state index contributed by atoms with van der Waals surface area (Å²) in [5.74, 6) is 1.10. The number of ether oxygens (including phenoxy) is 1. The number of nitrogens with zero attached hydrogens (tertiary/aromatic N) is 4. The molecule has 8 nitrogen and oxygen atoms in total. The van der Waals surface area contributed by atoms with Crippen molar-refractivity contribution in [2.24, 2.45) is 0 Å². The second-order valence-electron chi connectivity index (χ2n) is 6.47. The highest BCUT2D eigenvalue weighted by Crippen LogP contribution is 2.26. The van der Waals surface area contributed by atoms with Gasteiger partial charge in [0.05, 0.1) is 16.6 Å². The van der Waals surface area contributed by atoms with Crippen molar-refractivity contribution in [2.45, 2.75) is 20.2 Å². The van der Waals surface area contributed by atoms with E-state index in [1.54, 1.807) is 25.1 Å². The van der Waals surface area contributed by atoms with Crippen molar-refractivity contribution in [3.63, 3.8) is 0 Å². The lowest BCUT2D eigenvalue weighted by molar-refractivity contribution is -0.274. The van der Waals surface area contributed by atoms with Gasteiger partial charge in [-0.1, -0.05) is 6.07 Å². The van der Waals surface area contributed by atoms with E-state index in [-0.39, 0.29) is 11.1 Å². The van der Waals surface area contributed by atoms with E-state index in [4.69, 9.17) is 0 Å². The van der Waals surface area contributed by atoms with Crippen molar-refractivity contribution in [1.82, 2.24) is 24.7 Å². The van der Waals surface area contributed by atoms with E-state index in [1.165, 1.54) is 29.1 Å². The first-order chi connectivity index (χ1) is 14.2. The van der Waals surface area contributed by atoms with Crippen molar-refractivity contribution >= 4 is 22.5 Å². The molecule has 11 heteroatoms. The number of alkyl halides is 3. The maximum atomic E-state index is 12.5. The fraction of sp³-hybridized carbons (Fsp3) is 0.158. The number of H-pyrrole nitrogens is 1. The van der Waals surface area contributed by atoms with Crippen LogP contribution in [0.25, 0.3) is 16.6 Å². The number of pyridine rings is 1. The van der Waals surface area contributed by atoms with Crippen LogP contribution in [0.3, 0.4) is 0 Å². The minimum absolute atomic E-state index is 0.276. The molecule has 0 aliphatic rings. The maximum Gasteiger partial charge on any atom is 0.573 e. The SMILES string of the molecule is Cc1cc(Nc2cc3c(cn2)c(=O)[nH]n3-c2cccc(OC(F)(F)F)c2)nc(C)n1. The van der Waals surface area contributed by atoms with E-state index in [2.05, 4.69) is 30.1 Å². The minimum Gasteiger partial charge on any atom is -0.406 e. The standard InChI is InChI=1S/C19H15F3N6O2/c1-10-6-17(25-11(2)24-10)26-16-8-15-14(9-23-16)18(29)27-28(15)12-4-3-5-13(7-12)30-19(20,21)22/h3-9H,1-2H3,(H,27,29)(H,23,24,25,26). The molecule has 3 aromatic heterocycles. The van der Waals surface area contributed by atoms with Crippen molar-refractivity contribution in [1.29, 1.82) is 0 Å². The number of aromatic nitrogens is 5. The predicted octanol–water partition coefficient (Wildman–Crippen LogP) is 3.76. The summed E-state index contributed by atoms with van der Waals surface area (Å²) in [6, 6.07) is 8.62. The molecule has 0 atom stereocenters. The van der Waals surface area contributed by atoms with Gasteiger partial charge in [-0.05, 0) is 26.0 Å². The number of aryl methyl sites for hydroxylation is 2. The summed E-state index contributed by atoms with van der Waals surface area (Å²) in [5, 5.41) is 5.92. The molecule has 0 spiro atoms. The zero-order valence-corrected chi connectivity index (χ0v) is 15.8. The Labute approximate surface area is 167 Å². The number of aromatic amines is 1. The fourth-order valence-electron chi connectivity index (χ4n) is 3.03. The average molecular weight is 416 g/mol. The first-order valence-corrected chi connectivity index (χ1v) is 8.74. The van der Waals surface area contributed by atoms with E-state index < -0.39 is 17.7 Å². The summed E-state index contributed by atoms with van der Waals surface area (Å²) in [6.45, 7) is 3.59. The summed E-state index contributed by atoms with van der Waals surface area (Å²) in [7, 11) is 0. The van der Waals surface area contributed by atoms with Gasteiger partial charge in [0.25, 0.3) is 5.56 Å². The van der Waals surface area contributed by atoms with Crippen LogP contribution in [0.15, 0.2) is 47.4 Å². The summed E-state index contributed by atoms with van der Waals surface area (Å²) < 4.78 is 42.9. The number of halogens is 3. The van der Waals surface area contributed by atoms with Crippen LogP contribution in [0.4, 0.5) is 24.8 Å². The number of rotatable bonds is 4. The third-order valence-corrected chi connectivity index (χ3v) is 4.11. The molecule has 4 aromatic rings. The first kappa shape index (κ1) is 19.4. The third-order valence-electron chi connectivity index (χ3n) is 4.11. The average Bonchev–Trinajstić information content (AvgIpc) is 2.96. The smallest absolute Gasteiger partial charge is 0.406 e. The van der Waals surface area contributed by atoms with E-state index in [0.29, 0.717) is 23.0 Å². The maximum absolute atomic E-state index is 12.5. The molecule has 0 bridgehead atoms.